The highest BCUT2D eigenvalue weighted by Gasteiger charge is 2.36. The quantitative estimate of drug-likeness (QED) is 0.798. The second kappa shape index (κ2) is 5.48. The van der Waals surface area contributed by atoms with E-state index >= 15 is 0 Å². The third-order valence-electron chi connectivity index (χ3n) is 4.04. The molecule has 2 N–H and O–H groups in total. The van der Waals surface area contributed by atoms with Crippen molar-refractivity contribution in [3.63, 3.8) is 0 Å². The lowest BCUT2D eigenvalue weighted by Crippen LogP contribution is -2.54. The van der Waals surface area contributed by atoms with E-state index in [1.165, 1.54) is 12.8 Å². The van der Waals surface area contributed by atoms with Gasteiger partial charge in [0.05, 0.1) is 6.61 Å². The standard InChI is InChI=1S/C13H28N2O/c1-10(9-16-5)15(4)12-8-13(2,3)7-6-11(12)14/h10-12H,6-9,14H2,1-5H3. The average molecular weight is 228 g/mol. The Hall–Kier alpha value is -0.120. The molecule has 0 bridgehead atoms. The van der Waals surface area contributed by atoms with E-state index in [0.29, 0.717) is 23.5 Å². The highest BCUT2D eigenvalue weighted by Crippen LogP contribution is 2.36. The van der Waals surface area contributed by atoms with E-state index < -0.39 is 0 Å². The maximum atomic E-state index is 6.25. The van der Waals surface area contributed by atoms with E-state index in [0.717, 1.165) is 13.0 Å². The second-order valence-corrected chi connectivity index (χ2v) is 6.11. The van der Waals surface area contributed by atoms with Crippen LogP contribution in [0.25, 0.3) is 0 Å². The van der Waals surface area contributed by atoms with E-state index in [1.807, 2.05) is 0 Å². The van der Waals surface area contributed by atoms with Gasteiger partial charge in [-0.15, -0.1) is 0 Å². The third-order valence-corrected chi connectivity index (χ3v) is 4.04. The molecule has 0 aliphatic heterocycles. The molecule has 3 atom stereocenters. The van der Waals surface area contributed by atoms with Crippen molar-refractivity contribution in [2.45, 2.75) is 58.2 Å². The number of nitrogens with zero attached hydrogens (tertiary/aromatic N) is 1. The van der Waals surface area contributed by atoms with Crippen molar-refractivity contribution in [2.24, 2.45) is 11.1 Å². The highest BCUT2D eigenvalue weighted by atomic mass is 16.5. The molecule has 3 nitrogen and oxygen atoms in total. The Balaban J connectivity index is 2.61. The number of hydrogen-bond donors (Lipinski definition) is 1. The van der Waals surface area contributed by atoms with Crippen LogP contribution in [0.3, 0.4) is 0 Å². The lowest BCUT2D eigenvalue weighted by Gasteiger charge is -2.45. The monoisotopic (exact) mass is 228 g/mol. The van der Waals surface area contributed by atoms with E-state index in [9.17, 15) is 0 Å². The predicted octanol–water partition coefficient (Wildman–Crippen LogP) is 1.86. The lowest BCUT2D eigenvalue weighted by atomic mass is 9.72. The van der Waals surface area contributed by atoms with Crippen LogP contribution in [0.5, 0.6) is 0 Å². The summed E-state index contributed by atoms with van der Waals surface area (Å²) in [6.45, 7) is 7.68. The largest absolute Gasteiger partial charge is 0.383 e. The molecule has 0 heterocycles. The number of likely N-dealkylation sites (N-methyl/N-ethyl adjacent to an activating group) is 1. The first-order valence-electron chi connectivity index (χ1n) is 6.34. The van der Waals surface area contributed by atoms with Gasteiger partial charge in [0, 0.05) is 25.2 Å². The maximum Gasteiger partial charge on any atom is 0.0615 e. The fourth-order valence-corrected chi connectivity index (χ4v) is 2.70. The number of rotatable bonds is 4. The predicted molar refractivity (Wildman–Crippen MR) is 68.5 cm³/mol. The van der Waals surface area contributed by atoms with Crippen molar-refractivity contribution in [1.29, 1.82) is 0 Å². The van der Waals surface area contributed by atoms with Crippen LogP contribution in [0.15, 0.2) is 0 Å². The van der Waals surface area contributed by atoms with Crippen molar-refractivity contribution < 1.29 is 4.74 Å². The van der Waals surface area contributed by atoms with Gasteiger partial charge in [-0.3, -0.25) is 4.90 Å². The minimum atomic E-state index is 0.317. The Bertz CT molecular complexity index is 218. The van der Waals surface area contributed by atoms with Crippen molar-refractivity contribution in [1.82, 2.24) is 4.90 Å². The van der Waals surface area contributed by atoms with Crippen molar-refractivity contribution in [2.75, 3.05) is 20.8 Å². The average Bonchev–Trinajstić information content (AvgIpc) is 2.21. The number of ether oxygens (including phenoxy) is 1. The zero-order chi connectivity index (χ0) is 12.3. The molecule has 1 fully saturated rings. The van der Waals surface area contributed by atoms with Crippen LogP contribution < -0.4 is 5.73 Å². The van der Waals surface area contributed by atoms with E-state index in [1.54, 1.807) is 7.11 Å². The summed E-state index contributed by atoms with van der Waals surface area (Å²) in [7, 11) is 3.94. The SMILES string of the molecule is COCC(C)N(C)C1CC(C)(C)CCC1N. The van der Waals surface area contributed by atoms with Crippen LogP contribution in [-0.2, 0) is 4.74 Å². The minimum absolute atomic E-state index is 0.317. The fraction of sp³-hybridized carbons (Fsp3) is 1.00. The topological polar surface area (TPSA) is 38.5 Å². The van der Waals surface area contributed by atoms with Gasteiger partial charge in [-0.25, -0.2) is 0 Å². The molecule has 1 saturated carbocycles. The summed E-state index contributed by atoms with van der Waals surface area (Å²) in [6, 6.07) is 1.25. The van der Waals surface area contributed by atoms with Crippen molar-refractivity contribution >= 4 is 0 Å². The van der Waals surface area contributed by atoms with Gasteiger partial charge in [0.1, 0.15) is 0 Å². The van der Waals surface area contributed by atoms with Gasteiger partial charge in [0.2, 0.25) is 0 Å². The molecule has 0 spiro atoms. The first-order valence-corrected chi connectivity index (χ1v) is 6.34. The number of methoxy groups -OCH3 is 1. The fourth-order valence-electron chi connectivity index (χ4n) is 2.70. The molecule has 0 aromatic carbocycles. The normalized spacial score (nSPS) is 31.7. The van der Waals surface area contributed by atoms with Crippen LogP contribution in [0.4, 0.5) is 0 Å². The van der Waals surface area contributed by atoms with Gasteiger partial charge < -0.3 is 10.5 Å². The zero-order valence-electron chi connectivity index (χ0n) is 11.5. The zero-order valence-corrected chi connectivity index (χ0v) is 11.5. The minimum Gasteiger partial charge on any atom is -0.383 e. The number of nitrogens with two attached hydrogens (primary N) is 1. The smallest absolute Gasteiger partial charge is 0.0615 e. The molecular weight excluding hydrogens is 200 g/mol. The van der Waals surface area contributed by atoms with Crippen molar-refractivity contribution in [3.05, 3.63) is 0 Å². The molecule has 16 heavy (non-hydrogen) atoms. The van der Waals surface area contributed by atoms with Gasteiger partial charge in [-0.05, 0) is 38.6 Å². The van der Waals surface area contributed by atoms with Crippen LogP contribution in [0.1, 0.15) is 40.0 Å². The first kappa shape index (κ1) is 13.9. The van der Waals surface area contributed by atoms with Gasteiger partial charge in [0.15, 0.2) is 0 Å². The molecule has 3 unspecified atom stereocenters. The Morgan fingerprint density at radius 3 is 2.69 bits per heavy atom. The van der Waals surface area contributed by atoms with Gasteiger partial charge >= 0.3 is 0 Å². The molecule has 96 valence electrons. The Morgan fingerprint density at radius 2 is 2.12 bits per heavy atom. The Kier molecular flexibility index (Phi) is 4.77. The van der Waals surface area contributed by atoms with Crippen LogP contribution >= 0.6 is 0 Å². The number of hydrogen-bond acceptors (Lipinski definition) is 3. The molecular formula is C13H28N2O. The van der Waals surface area contributed by atoms with Gasteiger partial charge in [0.25, 0.3) is 0 Å². The van der Waals surface area contributed by atoms with Crippen LogP contribution in [0, 0.1) is 5.41 Å². The summed E-state index contributed by atoms with van der Waals surface area (Å²) >= 11 is 0. The maximum absolute atomic E-state index is 6.25. The summed E-state index contributed by atoms with van der Waals surface area (Å²) in [5.74, 6) is 0. The second-order valence-electron chi connectivity index (χ2n) is 6.11. The molecule has 0 aromatic heterocycles. The third kappa shape index (κ3) is 3.44. The van der Waals surface area contributed by atoms with E-state index in [2.05, 4.69) is 32.7 Å². The molecule has 0 radical (unpaired) electrons. The van der Waals surface area contributed by atoms with Gasteiger partial charge in [-0.1, -0.05) is 13.8 Å². The molecule has 1 aliphatic carbocycles. The first-order chi connectivity index (χ1) is 7.37. The molecule has 0 amide bonds. The summed E-state index contributed by atoms with van der Waals surface area (Å²) in [5, 5.41) is 0. The molecule has 1 aliphatic rings. The summed E-state index contributed by atoms with van der Waals surface area (Å²) in [4.78, 5) is 2.40. The van der Waals surface area contributed by atoms with Gasteiger partial charge in [-0.2, -0.15) is 0 Å². The van der Waals surface area contributed by atoms with E-state index in [-0.39, 0.29) is 0 Å². The highest BCUT2D eigenvalue weighted by molar-refractivity contribution is 4.93. The van der Waals surface area contributed by atoms with Crippen molar-refractivity contribution in [3.8, 4) is 0 Å². The summed E-state index contributed by atoms with van der Waals surface area (Å²) in [6.07, 6.45) is 3.58. The Labute approximate surface area is 100 Å². The molecule has 3 heteroatoms. The molecule has 0 aromatic rings. The summed E-state index contributed by atoms with van der Waals surface area (Å²) < 4.78 is 5.22. The lowest BCUT2D eigenvalue weighted by molar-refractivity contribution is 0.0391. The molecule has 0 saturated heterocycles. The summed E-state index contributed by atoms with van der Waals surface area (Å²) in [5.41, 5.74) is 6.68. The van der Waals surface area contributed by atoms with Crippen LogP contribution in [-0.4, -0.2) is 43.8 Å². The molecule has 1 rings (SSSR count). The Morgan fingerprint density at radius 1 is 1.50 bits per heavy atom. The van der Waals surface area contributed by atoms with E-state index in [4.69, 9.17) is 10.5 Å². The van der Waals surface area contributed by atoms with Crippen LogP contribution in [0.2, 0.25) is 0 Å².